The molecule has 1 fully saturated rings. The van der Waals surface area contributed by atoms with E-state index in [1.54, 1.807) is 0 Å². The highest BCUT2D eigenvalue weighted by atomic mass is 31.2. The van der Waals surface area contributed by atoms with E-state index in [-0.39, 0.29) is 17.4 Å². The molecule has 0 aliphatic heterocycles. The molecule has 4 aromatic rings. The molecule has 36 heavy (non-hydrogen) atoms. The summed E-state index contributed by atoms with van der Waals surface area (Å²) in [4.78, 5) is 12.0. The number of hydrogen-bond donors (Lipinski definition) is 1. The summed E-state index contributed by atoms with van der Waals surface area (Å²) >= 11 is 0. The molecule has 1 unspecified atom stereocenters. The Morgan fingerprint density at radius 1 is 0.778 bits per heavy atom. The lowest BCUT2D eigenvalue weighted by Crippen LogP contribution is -2.47. The second-order valence-electron chi connectivity index (χ2n) is 9.33. The molecule has 0 radical (unpaired) electrons. The minimum atomic E-state index is -3.20. The Labute approximate surface area is 212 Å². The summed E-state index contributed by atoms with van der Waals surface area (Å²) in [7, 11) is -1.80. The molecular weight excluding hydrogens is 465 g/mol. The predicted molar refractivity (Wildman–Crippen MR) is 145 cm³/mol. The first-order valence-electron chi connectivity index (χ1n) is 12.3. The summed E-state index contributed by atoms with van der Waals surface area (Å²) in [5.41, 5.74) is 2.51. The maximum atomic E-state index is 15.0. The van der Waals surface area contributed by atoms with E-state index >= 15 is 4.57 Å². The van der Waals surface area contributed by atoms with E-state index < -0.39 is 7.29 Å². The quantitative estimate of drug-likeness (QED) is 0.235. The molecule has 1 saturated carbocycles. The maximum absolute atomic E-state index is 15.0. The van der Waals surface area contributed by atoms with E-state index in [0.717, 1.165) is 41.0 Å². The lowest BCUT2D eigenvalue weighted by Gasteiger charge is -2.50. The summed E-state index contributed by atoms with van der Waals surface area (Å²) in [6.45, 7) is 0. The Bertz CT molecular complexity index is 1310. The van der Waals surface area contributed by atoms with Crippen molar-refractivity contribution in [1.82, 2.24) is 5.09 Å². The zero-order chi connectivity index (χ0) is 25.0. The topological polar surface area (TPSA) is 55.4 Å². The first-order chi connectivity index (χ1) is 17.6. The average Bonchev–Trinajstić information content (AvgIpc) is 2.93. The Morgan fingerprint density at radius 2 is 1.28 bits per heavy atom. The number of carbonyl (C=O) groups is 1. The number of benzene rings is 4. The van der Waals surface area contributed by atoms with Crippen LogP contribution in [0.3, 0.4) is 0 Å². The van der Waals surface area contributed by atoms with Crippen molar-refractivity contribution in [2.24, 2.45) is 0 Å². The molecule has 182 valence electrons. The highest BCUT2D eigenvalue weighted by Gasteiger charge is 2.48. The molecule has 0 aromatic heterocycles. The average molecular weight is 496 g/mol. The Hall–Kier alpha value is -3.46. The number of ether oxygens (including phenoxy) is 1. The van der Waals surface area contributed by atoms with Gasteiger partial charge in [-0.15, -0.1) is 0 Å². The number of hydrogen-bond acceptors (Lipinski definition) is 3. The van der Waals surface area contributed by atoms with Crippen molar-refractivity contribution >= 4 is 23.9 Å². The van der Waals surface area contributed by atoms with Crippen molar-refractivity contribution in [2.45, 2.75) is 30.7 Å². The van der Waals surface area contributed by atoms with Gasteiger partial charge in [-0.05, 0) is 60.4 Å². The van der Waals surface area contributed by atoms with Gasteiger partial charge in [0, 0.05) is 22.1 Å². The van der Waals surface area contributed by atoms with Gasteiger partial charge in [-0.1, -0.05) is 85.3 Å². The van der Waals surface area contributed by atoms with Gasteiger partial charge >= 0.3 is 5.97 Å². The van der Waals surface area contributed by atoms with Crippen LogP contribution in [0.15, 0.2) is 115 Å². The van der Waals surface area contributed by atoms with Gasteiger partial charge in [0.25, 0.3) is 0 Å². The van der Waals surface area contributed by atoms with Gasteiger partial charge in [0.15, 0.2) is 0 Å². The molecule has 1 aliphatic carbocycles. The van der Waals surface area contributed by atoms with E-state index in [0.29, 0.717) is 5.56 Å². The van der Waals surface area contributed by atoms with E-state index in [2.05, 4.69) is 17.2 Å². The van der Waals surface area contributed by atoms with Gasteiger partial charge in [-0.3, -0.25) is 9.65 Å². The highest BCUT2D eigenvalue weighted by Crippen LogP contribution is 2.56. The number of esters is 1. The van der Waals surface area contributed by atoms with Gasteiger partial charge in [-0.25, -0.2) is 4.79 Å². The first kappa shape index (κ1) is 24.2. The molecule has 1 atom stereocenters. The first-order valence-corrected chi connectivity index (χ1v) is 14.0. The van der Waals surface area contributed by atoms with Crippen LogP contribution in [-0.2, 0) is 14.7 Å². The van der Waals surface area contributed by atoms with Gasteiger partial charge in [0.2, 0.25) is 7.29 Å². The minimum absolute atomic E-state index is 0.192. The van der Waals surface area contributed by atoms with Gasteiger partial charge in [-0.2, -0.15) is 0 Å². The van der Waals surface area contributed by atoms with Crippen molar-refractivity contribution in [3.8, 4) is 0 Å². The van der Waals surface area contributed by atoms with Crippen molar-refractivity contribution in [3.05, 3.63) is 132 Å². The molecule has 4 aromatic carbocycles. The zero-order valence-electron chi connectivity index (χ0n) is 20.3. The molecule has 1 N–H and O–H groups in total. The highest BCUT2D eigenvalue weighted by molar-refractivity contribution is 7.76. The molecule has 0 amide bonds. The fourth-order valence-corrected chi connectivity index (χ4v) is 7.82. The molecule has 1 aliphatic rings. The Balaban J connectivity index is 1.64. The van der Waals surface area contributed by atoms with E-state index in [1.807, 2.05) is 103 Å². The van der Waals surface area contributed by atoms with E-state index in [1.165, 1.54) is 7.11 Å². The van der Waals surface area contributed by atoms with E-state index in [4.69, 9.17) is 4.74 Å². The maximum Gasteiger partial charge on any atom is 0.337 e. The SMILES string of the molecule is COC(=O)c1ccc(C2(C(NP(=O)(c3ccccc3)c3ccccc3)c3ccccc3)CCC2)cc1. The fourth-order valence-electron chi connectivity index (χ4n) is 5.28. The molecule has 5 rings (SSSR count). The summed E-state index contributed by atoms with van der Waals surface area (Å²) in [6.07, 6.45) is 3.01. The number of rotatable bonds is 8. The third-order valence-corrected chi connectivity index (χ3v) is 10.0. The third-order valence-electron chi connectivity index (χ3n) is 7.36. The van der Waals surface area contributed by atoms with Crippen molar-refractivity contribution in [2.75, 3.05) is 7.11 Å². The Morgan fingerprint density at radius 3 is 1.72 bits per heavy atom. The number of methoxy groups -OCH3 is 1. The lowest BCUT2D eigenvalue weighted by molar-refractivity contribution is 0.0600. The van der Waals surface area contributed by atoms with Crippen molar-refractivity contribution in [3.63, 3.8) is 0 Å². The summed E-state index contributed by atoms with van der Waals surface area (Å²) in [6, 6.07) is 37.3. The van der Waals surface area contributed by atoms with Crippen LogP contribution in [-0.4, -0.2) is 13.1 Å². The van der Waals surface area contributed by atoms with Gasteiger partial charge < -0.3 is 4.74 Å². The lowest BCUT2D eigenvalue weighted by atomic mass is 9.59. The standard InChI is InChI=1S/C31H30NO3P/c1-35-30(33)25-18-20-26(21-19-25)31(22-11-23-31)29(24-12-5-2-6-13-24)32-36(34,27-14-7-3-8-15-27)28-16-9-4-10-17-28/h2-10,12-21,29H,11,22-23H2,1H3,(H,32,34). The smallest absolute Gasteiger partial charge is 0.337 e. The number of carbonyl (C=O) groups excluding carboxylic acids is 1. The van der Waals surface area contributed by atoms with Crippen LogP contribution in [0, 0.1) is 0 Å². The summed E-state index contributed by atoms with van der Waals surface area (Å²) in [5.74, 6) is -0.348. The van der Waals surface area contributed by atoms with E-state index in [9.17, 15) is 4.79 Å². The molecule has 0 heterocycles. The summed E-state index contributed by atoms with van der Waals surface area (Å²) in [5, 5.41) is 5.30. The predicted octanol–water partition coefficient (Wildman–Crippen LogP) is 6.15. The van der Waals surface area contributed by atoms with Gasteiger partial charge in [0.05, 0.1) is 12.7 Å². The molecule has 5 heteroatoms. The Kier molecular flexibility index (Phi) is 6.91. The molecule has 4 nitrogen and oxygen atoms in total. The fraction of sp³-hybridized carbons (Fsp3) is 0.194. The van der Waals surface area contributed by atoms with Crippen LogP contribution in [0.4, 0.5) is 0 Å². The number of nitrogens with one attached hydrogen (secondary N) is 1. The van der Waals surface area contributed by atoms with Crippen molar-refractivity contribution in [1.29, 1.82) is 0 Å². The second-order valence-corrected chi connectivity index (χ2v) is 11.8. The zero-order valence-corrected chi connectivity index (χ0v) is 21.2. The van der Waals surface area contributed by atoms with Crippen LogP contribution >= 0.6 is 7.29 Å². The van der Waals surface area contributed by atoms with Crippen molar-refractivity contribution < 1.29 is 14.1 Å². The third kappa shape index (κ3) is 4.43. The minimum Gasteiger partial charge on any atom is -0.465 e. The molecule has 0 bridgehead atoms. The van der Waals surface area contributed by atoms with Crippen LogP contribution < -0.4 is 15.7 Å². The molecular formula is C31H30NO3P. The monoisotopic (exact) mass is 495 g/mol. The van der Waals surface area contributed by atoms with Gasteiger partial charge in [0.1, 0.15) is 0 Å². The summed E-state index contributed by atoms with van der Waals surface area (Å²) < 4.78 is 19.9. The van der Waals surface area contributed by atoms with Crippen LogP contribution in [0.2, 0.25) is 0 Å². The molecule has 0 saturated heterocycles. The van der Waals surface area contributed by atoms with Crippen LogP contribution in [0.1, 0.15) is 46.8 Å². The largest absolute Gasteiger partial charge is 0.465 e. The van der Waals surface area contributed by atoms with Crippen LogP contribution in [0.25, 0.3) is 0 Å². The molecule has 0 spiro atoms. The second kappa shape index (κ2) is 10.3. The van der Waals surface area contributed by atoms with Crippen LogP contribution in [0.5, 0.6) is 0 Å². The normalized spacial score (nSPS) is 15.5.